The van der Waals surface area contributed by atoms with Gasteiger partial charge >= 0.3 is 0 Å². The van der Waals surface area contributed by atoms with Crippen LogP contribution in [0, 0.1) is 0 Å². The van der Waals surface area contributed by atoms with Crippen LogP contribution in [0.3, 0.4) is 0 Å². The van der Waals surface area contributed by atoms with E-state index in [-0.39, 0.29) is 5.91 Å². The number of nitrogens with one attached hydrogen (secondary N) is 2. The van der Waals surface area contributed by atoms with Gasteiger partial charge in [-0.1, -0.05) is 35.2 Å². The van der Waals surface area contributed by atoms with Crippen molar-refractivity contribution in [1.82, 2.24) is 20.2 Å². The largest absolute Gasteiger partial charge is 0.494 e. The molecule has 0 fully saturated rings. The highest BCUT2D eigenvalue weighted by Crippen LogP contribution is 2.29. The quantitative estimate of drug-likeness (QED) is 0.439. The van der Waals surface area contributed by atoms with Gasteiger partial charge in [-0.3, -0.25) is 15.2 Å². The lowest BCUT2D eigenvalue weighted by Crippen LogP contribution is -2.11. The SMILES string of the molecule is CCOc1ccc2nc(NC(=O)c3ccc(CSc4ncn[nH]4)cc3)sc2c1. The average Bonchev–Trinajstić information content (AvgIpc) is 3.36. The minimum absolute atomic E-state index is 0.182. The molecule has 4 aromatic rings. The van der Waals surface area contributed by atoms with E-state index in [9.17, 15) is 4.79 Å². The Bertz CT molecular complexity index is 1080. The lowest BCUT2D eigenvalue weighted by molar-refractivity contribution is 0.102. The first kappa shape index (κ1) is 18.5. The van der Waals surface area contributed by atoms with Crippen LogP contribution in [0.25, 0.3) is 10.2 Å². The molecule has 0 bridgehead atoms. The number of H-pyrrole nitrogens is 1. The lowest BCUT2D eigenvalue weighted by atomic mass is 10.1. The van der Waals surface area contributed by atoms with E-state index in [0.717, 1.165) is 32.4 Å². The summed E-state index contributed by atoms with van der Waals surface area (Å²) in [6, 6.07) is 13.2. The third-order valence-electron chi connectivity index (χ3n) is 3.88. The fourth-order valence-electron chi connectivity index (χ4n) is 2.55. The van der Waals surface area contributed by atoms with Crippen molar-refractivity contribution < 1.29 is 9.53 Å². The number of thioether (sulfide) groups is 1. The zero-order chi connectivity index (χ0) is 19.3. The van der Waals surface area contributed by atoms with Crippen LogP contribution in [0.15, 0.2) is 53.9 Å². The van der Waals surface area contributed by atoms with Crippen molar-refractivity contribution in [3.63, 3.8) is 0 Å². The second-order valence-electron chi connectivity index (χ2n) is 5.81. The van der Waals surface area contributed by atoms with Crippen LogP contribution >= 0.6 is 23.1 Å². The zero-order valence-electron chi connectivity index (χ0n) is 15.0. The highest BCUT2D eigenvalue weighted by molar-refractivity contribution is 7.98. The van der Waals surface area contributed by atoms with Gasteiger partial charge in [0.2, 0.25) is 0 Å². The van der Waals surface area contributed by atoms with Crippen molar-refractivity contribution in [2.45, 2.75) is 17.8 Å². The molecule has 1 amide bonds. The van der Waals surface area contributed by atoms with E-state index in [0.29, 0.717) is 17.3 Å². The molecule has 7 nitrogen and oxygen atoms in total. The summed E-state index contributed by atoms with van der Waals surface area (Å²) < 4.78 is 6.48. The van der Waals surface area contributed by atoms with E-state index in [4.69, 9.17) is 4.74 Å². The van der Waals surface area contributed by atoms with Crippen molar-refractivity contribution >= 4 is 44.4 Å². The monoisotopic (exact) mass is 411 g/mol. The van der Waals surface area contributed by atoms with E-state index < -0.39 is 0 Å². The molecular formula is C19H17N5O2S2. The molecule has 2 aromatic carbocycles. The molecule has 142 valence electrons. The third kappa shape index (κ3) is 4.32. The van der Waals surface area contributed by atoms with Crippen LogP contribution in [-0.4, -0.2) is 32.7 Å². The molecule has 0 saturated heterocycles. The molecule has 2 heterocycles. The van der Waals surface area contributed by atoms with E-state index in [1.165, 1.54) is 17.7 Å². The Morgan fingerprint density at radius 3 is 2.86 bits per heavy atom. The summed E-state index contributed by atoms with van der Waals surface area (Å²) in [4.78, 5) is 21.1. The molecule has 28 heavy (non-hydrogen) atoms. The summed E-state index contributed by atoms with van der Waals surface area (Å²) in [6.45, 7) is 2.56. The molecule has 9 heteroatoms. The Labute approximate surface area is 169 Å². The molecule has 0 unspecified atom stereocenters. The predicted octanol–water partition coefficient (Wildman–Crippen LogP) is 4.36. The molecule has 0 spiro atoms. The number of aromatic amines is 1. The van der Waals surface area contributed by atoms with Gasteiger partial charge in [0.25, 0.3) is 5.91 Å². The summed E-state index contributed by atoms with van der Waals surface area (Å²) in [5.41, 5.74) is 2.52. The molecule has 0 radical (unpaired) electrons. The Kier molecular flexibility index (Phi) is 5.54. The standard InChI is InChI=1S/C19H17N5O2S2/c1-2-26-14-7-8-15-16(9-14)28-19(22-15)23-17(25)13-5-3-12(4-6-13)10-27-18-20-11-21-24-18/h3-9,11H,2,10H2,1H3,(H,20,21,24)(H,22,23,25). The molecule has 4 rings (SSSR count). The van der Waals surface area contributed by atoms with Gasteiger partial charge in [-0.2, -0.15) is 5.10 Å². The number of carbonyl (C=O) groups excluding carboxylic acids is 1. The minimum atomic E-state index is -0.182. The van der Waals surface area contributed by atoms with Crippen LogP contribution in [0.1, 0.15) is 22.8 Å². The number of rotatable bonds is 7. The van der Waals surface area contributed by atoms with Crippen LogP contribution in [0.2, 0.25) is 0 Å². The predicted molar refractivity (Wildman–Crippen MR) is 111 cm³/mol. The normalized spacial score (nSPS) is 10.9. The fourth-order valence-corrected chi connectivity index (χ4v) is 4.18. The Morgan fingerprint density at radius 2 is 2.11 bits per heavy atom. The summed E-state index contributed by atoms with van der Waals surface area (Å²) in [6.07, 6.45) is 1.48. The first-order valence-electron chi connectivity index (χ1n) is 8.63. The number of aromatic nitrogens is 4. The van der Waals surface area contributed by atoms with E-state index in [1.54, 1.807) is 11.8 Å². The number of hydrogen-bond donors (Lipinski definition) is 2. The van der Waals surface area contributed by atoms with Gasteiger partial charge < -0.3 is 4.74 Å². The molecule has 2 N–H and O–H groups in total. The van der Waals surface area contributed by atoms with E-state index in [2.05, 4.69) is 25.5 Å². The molecule has 0 aliphatic heterocycles. The van der Waals surface area contributed by atoms with Crippen molar-refractivity contribution in [2.75, 3.05) is 11.9 Å². The molecule has 0 saturated carbocycles. The maximum absolute atomic E-state index is 12.5. The molecular weight excluding hydrogens is 394 g/mol. The van der Waals surface area contributed by atoms with Crippen LogP contribution in [-0.2, 0) is 5.75 Å². The highest BCUT2D eigenvalue weighted by atomic mass is 32.2. The van der Waals surface area contributed by atoms with Gasteiger partial charge in [0.15, 0.2) is 10.3 Å². The van der Waals surface area contributed by atoms with Gasteiger partial charge in [-0.25, -0.2) is 9.97 Å². The summed E-state index contributed by atoms with van der Waals surface area (Å²) >= 11 is 2.98. The first-order valence-corrected chi connectivity index (χ1v) is 10.4. The van der Waals surface area contributed by atoms with Gasteiger partial charge in [0, 0.05) is 11.3 Å². The van der Waals surface area contributed by atoms with E-state index in [1.807, 2.05) is 49.4 Å². The second-order valence-corrected chi connectivity index (χ2v) is 7.81. The van der Waals surface area contributed by atoms with Crippen LogP contribution < -0.4 is 10.1 Å². The zero-order valence-corrected chi connectivity index (χ0v) is 16.6. The number of benzene rings is 2. The maximum atomic E-state index is 12.5. The summed E-state index contributed by atoms with van der Waals surface area (Å²) in [5, 5.41) is 10.8. The van der Waals surface area contributed by atoms with Gasteiger partial charge in [-0.15, -0.1) is 0 Å². The smallest absolute Gasteiger partial charge is 0.257 e. The second kappa shape index (κ2) is 8.41. The molecule has 2 aromatic heterocycles. The van der Waals surface area contributed by atoms with Crippen LogP contribution in [0.5, 0.6) is 5.75 Å². The number of hydrogen-bond acceptors (Lipinski definition) is 7. The van der Waals surface area contributed by atoms with Gasteiger partial charge in [0.1, 0.15) is 12.1 Å². The maximum Gasteiger partial charge on any atom is 0.257 e. The molecule has 0 aliphatic rings. The Hall–Kier alpha value is -2.91. The number of carbonyl (C=O) groups is 1. The number of anilines is 1. The molecule has 0 atom stereocenters. The lowest BCUT2D eigenvalue weighted by Gasteiger charge is -2.03. The van der Waals surface area contributed by atoms with Crippen LogP contribution in [0.4, 0.5) is 5.13 Å². The van der Waals surface area contributed by atoms with Gasteiger partial charge in [-0.05, 0) is 42.8 Å². The third-order valence-corrected chi connectivity index (χ3v) is 5.76. The van der Waals surface area contributed by atoms with E-state index >= 15 is 0 Å². The number of thiazole rings is 1. The minimum Gasteiger partial charge on any atom is -0.494 e. The first-order chi connectivity index (χ1) is 13.7. The number of fused-ring (bicyclic) bond motifs is 1. The fraction of sp³-hybridized carbons (Fsp3) is 0.158. The number of ether oxygens (including phenoxy) is 1. The summed E-state index contributed by atoms with van der Waals surface area (Å²) in [7, 11) is 0. The topological polar surface area (TPSA) is 92.8 Å². The number of nitrogens with zero attached hydrogens (tertiary/aromatic N) is 3. The average molecular weight is 412 g/mol. The van der Waals surface area contributed by atoms with Gasteiger partial charge in [0.05, 0.1) is 16.8 Å². The Balaban J connectivity index is 1.40. The molecule has 0 aliphatic carbocycles. The van der Waals surface area contributed by atoms with Crippen molar-refractivity contribution in [2.24, 2.45) is 0 Å². The Morgan fingerprint density at radius 1 is 1.25 bits per heavy atom. The number of amides is 1. The highest BCUT2D eigenvalue weighted by Gasteiger charge is 2.11. The van der Waals surface area contributed by atoms with Crippen molar-refractivity contribution in [1.29, 1.82) is 0 Å². The summed E-state index contributed by atoms with van der Waals surface area (Å²) in [5.74, 6) is 1.37. The van der Waals surface area contributed by atoms with Crippen molar-refractivity contribution in [3.05, 3.63) is 59.9 Å². The van der Waals surface area contributed by atoms with Crippen molar-refractivity contribution in [3.8, 4) is 5.75 Å².